The van der Waals surface area contributed by atoms with Crippen LogP contribution in [0.4, 0.5) is 16.2 Å². The van der Waals surface area contributed by atoms with Crippen LogP contribution in [0.3, 0.4) is 0 Å². The molecular formula is C31H35ClN2O4. The highest BCUT2D eigenvalue weighted by Gasteiger charge is 2.30. The molecule has 6 nitrogen and oxygen atoms in total. The van der Waals surface area contributed by atoms with E-state index in [1.54, 1.807) is 17.0 Å². The van der Waals surface area contributed by atoms with Crippen LogP contribution in [0.1, 0.15) is 56.9 Å². The molecule has 1 saturated carbocycles. The molecule has 1 atom stereocenters. The van der Waals surface area contributed by atoms with E-state index in [9.17, 15) is 15.0 Å². The maximum Gasteiger partial charge on any atom is 0.326 e. The number of nitrogens with one attached hydrogen (secondary N) is 1. The fourth-order valence-corrected chi connectivity index (χ4v) is 5.86. The molecule has 1 fully saturated rings. The summed E-state index contributed by atoms with van der Waals surface area (Å²) in [4.78, 5) is 15.0. The molecule has 1 unspecified atom stereocenters. The summed E-state index contributed by atoms with van der Waals surface area (Å²) >= 11 is 6.09. The third-order valence-corrected chi connectivity index (χ3v) is 8.05. The molecule has 3 aromatic carbocycles. The van der Waals surface area contributed by atoms with Gasteiger partial charge in [-0.05, 0) is 91.0 Å². The second-order valence-corrected chi connectivity index (χ2v) is 10.9. The average Bonchev–Trinajstić information content (AvgIpc) is 2.92. The summed E-state index contributed by atoms with van der Waals surface area (Å²) in [6.07, 6.45) is 4.20. The number of fused-ring (bicyclic) bond motifs is 1. The number of nitrogens with zero attached hydrogens (tertiary/aromatic N) is 1. The topological polar surface area (TPSA) is 82.0 Å². The van der Waals surface area contributed by atoms with E-state index in [-0.39, 0.29) is 12.1 Å². The lowest BCUT2D eigenvalue weighted by molar-refractivity contribution is -0.0592. The molecule has 1 aliphatic carbocycles. The molecule has 1 aliphatic heterocycles. The smallest absolute Gasteiger partial charge is 0.326 e. The third kappa shape index (κ3) is 6.15. The van der Waals surface area contributed by atoms with Crippen LogP contribution in [0.25, 0.3) is 11.1 Å². The van der Waals surface area contributed by atoms with Gasteiger partial charge < -0.3 is 20.3 Å². The predicted octanol–water partition coefficient (Wildman–Crippen LogP) is 7.19. The minimum atomic E-state index is -1.20. The molecule has 0 aromatic heterocycles. The molecule has 3 aromatic rings. The minimum absolute atomic E-state index is 0.0905. The van der Waals surface area contributed by atoms with Gasteiger partial charge in [0.2, 0.25) is 0 Å². The Morgan fingerprint density at radius 3 is 2.45 bits per heavy atom. The van der Waals surface area contributed by atoms with E-state index in [1.165, 1.54) is 5.56 Å². The number of ether oxygens (including phenoxy) is 1. The molecule has 0 radical (unpaired) electrons. The zero-order valence-electron chi connectivity index (χ0n) is 21.6. The highest BCUT2D eigenvalue weighted by molar-refractivity contribution is 6.30. The minimum Gasteiger partial charge on any atom is -0.486 e. The maximum atomic E-state index is 13.2. The summed E-state index contributed by atoms with van der Waals surface area (Å²) in [5.74, 6) is 1.62. The van der Waals surface area contributed by atoms with Gasteiger partial charge in [-0.25, -0.2) is 4.79 Å². The molecule has 0 bridgehead atoms. The Bertz CT molecular complexity index is 1250. The van der Waals surface area contributed by atoms with Crippen LogP contribution in [-0.4, -0.2) is 35.2 Å². The molecule has 5 rings (SSSR count). The van der Waals surface area contributed by atoms with E-state index in [2.05, 4.69) is 36.5 Å². The number of aliphatic hydroxyl groups excluding tert-OH is 1. The van der Waals surface area contributed by atoms with Gasteiger partial charge in [0, 0.05) is 17.1 Å². The molecule has 38 heavy (non-hydrogen) atoms. The second kappa shape index (κ2) is 11.8. The highest BCUT2D eigenvalue weighted by Crippen LogP contribution is 2.40. The van der Waals surface area contributed by atoms with Crippen molar-refractivity contribution >= 4 is 29.0 Å². The van der Waals surface area contributed by atoms with E-state index < -0.39 is 6.29 Å². The lowest BCUT2D eigenvalue weighted by Gasteiger charge is -2.35. The number of anilines is 2. The van der Waals surface area contributed by atoms with Gasteiger partial charge >= 0.3 is 6.03 Å². The summed E-state index contributed by atoms with van der Waals surface area (Å²) in [5.41, 5.74) is 4.88. The predicted molar refractivity (Wildman–Crippen MR) is 152 cm³/mol. The Kier molecular flexibility index (Phi) is 8.22. The molecule has 0 saturated heterocycles. The second-order valence-electron chi connectivity index (χ2n) is 10.4. The summed E-state index contributed by atoms with van der Waals surface area (Å²) < 4.78 is 6.27. The van der Waals surface area contributed by atoms with E-state index in [4.69, 9.17) is 16.3 Å². The molecule has 0 spiro atoms. The number of hydrogen-bond acceptors (Lipinski definition) is 4. The Hall–Kier alpha value is -3.06. The van der Waals surface area contributed by atoms with Gasteiger partial charge in [0.1, 0.15) is 11.9 Å². The SMILES string of the molecule is CCC1CN(C(=O)Nc2cccc(Cl)c2)c2ccc(-c3ccc(C4CCC(CC(O)O)CC4)cc3)cc2O1. The summed E-state index contributed by atoms with van der Waals surface area (Å²) in [7, 11) is 0. The number of hydrogen-bond donors (Lipinski definition) is 3. The van der Waals surface area contributed by atoms with Crippen molar-refractivity contribution < 1.29 is 19.7 Å². The number of carbonyl (C=O) groups excluding carboxylic acids is 1. The van der Waals surface area contributed by atoms with E-state index in [0.29, 0.717) is 41.3 Å². The fraction of sp³-hybridized carbons (Fsp3) is 0.387. The van der Waals surface area contributed by atoms with Crippen molar-refractivity contribution in [2.45, 2.75) is 63.8 Å². The van der Waals surface area contributed by atoms with Crippen LogP contribution < -0.4 is 15.0 Å². The van der Waals surface area contributed by atoms with Gasteiger partial charge in [0.25, 0.3) is 0 Å². The molecular weight excluding hydrogens is 500 g/mol. The lowest BCUT2D eigenvalue weighted by Crippen LogP contribution is -2.45. The van der Waals surface area contributed by atoms with Crippen LogP contribution in [0.5, 0.6) is 5.75 Å². The molecule has 2 amide bonds. The number of carbonyl (C=O) groups is 1. The lowest BCUT2D eigenvalue weighted by atomic mass is 9.77. The first-order valence-electron chi connectivity index (χ1n) is 13.5. The van der Waals surface area contributed by atoms with Crippen LogP contribution >= 0.6 is 11.6 Å². The Labute approximate surface area is 229 Å². The van der Waals surface area contributed by atoms with Crippen molar-refractivity contribution in [1.82, 2.24) is 0 Å². The Balaban J connectivity index is 1.31. The van der Waals surface area contributed by atoms with Crippen molar-refractivity contribution in [2.24, 2.45) is 5.92 Å². The number of urea groups is 1. The van der Waals surface area contributed by atoms with Crippen LogP contribution in [0.15, 0.2) is 66.7 Å². The van der Waals surface area contributed by atoms with E-state index >= 15 is 0 Å². The van der Waals surface area contributed by atoms with Crippen LogP contribution in [0.2, 0.25) is 5.02 Å². The van der Waals surface area contributed by atoms with Crippen LogP contribution in [0, 0.1) is 5.92 Å². The average molecular weight is 535 g/mol. The third-order valence-electron chi connectivity index (χ3n) is 7.81. The van der Waals surface area contributed by atoms with E-state index in [0.717, 1.165) is 48.9 Å². The summed E-state index contributed by atoms with van der Waals surface area (Å²) in [5, 5.41) is 22.0. The first-order valence-corrected chi connectivity index (χ1v) is 13.9. The number of benzene rings is 3. The van der Waals surface area contributed by atoms with Crippen molar-refractivity contribution in [3.05, 3.63) is 77.3 Å². The largest absolute Gasteiger partial charge is 0.486 e. The van der Waals surface area contributed by atoms with Crippen molar-refractivity contribution in [2.75, 3.05) is 16.8 Å². The number of halogens is 1. The maximum absolute atomic E-state index is 13.2. The molecule has 3 N–H and O–H groups in total. The van der Waals surface area contributed by atoms with Gasteiger partial charge in [-0.1, -0.05) is 54.9 Å². The molecule has 7 heteroatoms. The molecule has 200 valence electrons. The van der Waals surface area contributed by atoms with Gasteiger partial charge in [-0.15, -0.1) is 0 Å². The van der Waals surface area contributed by atoms with Crippen molar-refractivity contribution in [3.63, 3.8) is 0 Å². The van der Waals surface area contributed by atoms with Crippen molar-refractivity contribution in [1.29, 1.82) is 0 Å². The normalized spacial score (nSPS) is 21.1. The zero-order valence-corrected chi connectivity index (χ0v) is 22.4. The Morgan fingerprint density at radius 2 is 1.76 bits per heavy atom. The summed E-state index contributed by atoms with van der Waals surface area (Å²) in [6, 6.07) is 21.7. The number of rotatable bonds is 6. The fourth-order valence-electron chi connectivity index (χ4n) is 5.67. The van der Waals surface area contributed by atoms with Crippen molar-refractivity contribution in [3.8, 4) is 16.9 Å². The van der Waals surface area contributed by atoms with Gasteiger partial charge in [-0.3, -0.25) is 4.90 Å². The standard InChI is InChI=1S/C31H35ClN2O4/c1-2-27-19-34(31(37)33-26-5-3-4-25(32)18-26)28-15-14-24(17-29(28)38-27)23-12-10-22(11-13-23)21-8-6-20(7-9-21)16-30(35)36/h3-5,10-15,17-18,20-21,27,30,35-36H,2,6-9,16,19H2,1H3,(H,33,37). The van der Waals surface area contributed by atoms with Gasteiger partial charge in [0.15, 0.2) is 6.29 Å². The first-order chi connectivity index (χ1) is 18.4. The zero-order chi connectivity index (χ0) is 26.6. The molecule has 1 heterocycles. The quantitative estimate of drug-likeness (QED) is 0.292. The first kappa shape index (κ1) is 26.5. The monoisotopic (exact) mass is 534 g/mol. The number of aliphatic hydroxyl groups is 2. The van der Waals surface area contributed by atoms with E-state index in [1.807, 2.05) is 30.3 Å². The summed E-state index contributed by atoms with van der Waals surface area (Å²) in [6.45, 7) is 2.54. The van der Waals surface area contributed by atoms with Gasteiger partial charge in [0.05, 0.1) is 12.2 Å². The van der Waals surface area contributed by atoms with Crippen LogP contribution in [-0.2, 0) is 0 Å². The Morgan fingerprint density at radius 1 is 1.03 bits per heavy atom. The molecule has 2 aliphatic rings. The van der Waals surface area contributed by atoms with Gasteiger partial charge in [-0.2, -0.15) is 0 Å². The highest BCUT2D eigenvalue weighted by atomic mass is 35.5. The number of amides is 2.